The number of carbonyl (C=O) groups is 2. The standard InChI is InChI=1S/C22H21NO7/c1-5-29-22(26)17-12-23(14-6-9-19(27-3)20(10-14)28-4)18-8-7-15(30-13(2)24)11-16(18)21(17)25/h6-12H,5H2,1-4H3. The lowest BCUT2D eigenvalue weighted by Gasteiger charge is -2.16. The van der Waals surface area contributed by atoms with Gasteiger partial charge in [-0.1, -0.05) is 0 Å². The predicted molar refractivity (Wildman–Crippen MR) is 110 cm³/mol. The monoisotopic (exact) mass is 411 g/mol. The zero-order valence-electron chi connectivity index (χ0n) is 17.1. The van der Waals surface area contributed by atoms with Crippen LogP contribution in [0, 0.1) is 0 Å². The summed E-state index contributed by atoms with van der Waals surface area (Å²) in [6.07, 6.45) is 1.43. The number of ether oxygens (including phenoxy) is 4. The number of hydrogen-bond donors (Lipinski definition) is 0. The van der Waals surface area contributed by atoms with Gasteiger partial charge in [0, 0.05) is 24.9 Å². The Kier molecular flexibility index (Phi) is 6.06. The van der Waals surface area contributed by atoms with Gasteiger partial charge in [0.05, 0.1) is 31.7 Å². The summed E-state index contributed by atoms with van der Waals surface area (Å²) in [5, 5.41) is 0.203. The van der Waals surface area contributed by atoms with Crippen molar-refractivity contribution in [3.8, 4) is 22.9 Å². The minimum absolute atomic E-state index is 0.125. The molecule has 0 saturated heterocycles. The molecule has 8 heteroatoms. The highest BCUT2D eigenvalue weighted by Gasteiger charge is 2.19. The summed E-state index contributed by atoms with van der Waals surface area (Å²) in [6, 6.07) is 9.84. The molecule has 3 aromatic rings. The molecule has 30 heavy (non-hydrogen) atoms. The molecule has 0 aliphatic heterocycles. The van der Waals surface area contributed by atoms with E-state index < -0.39 is 17.4 Å². The Labute approximate surface area is 172 Å². The molecule has 0 spiro atoms. The van der Waals surface area contributed by atoms with E-state index in [2.05, 4.69) is 0 Å². The SMILES string of the molecule is CCOC(=O)c1cn(-c2ccc(OC)c(OC)c2)c2ccc(OC(C)=O)cc2c1=O. The van der Waals surface area contributed by atoms with Crippen molar-refractivity contribution in [2.24, 2.45) is 0 Å². The summed E-state index contributed by atoms with van der Waals surface area (Å²) in [5.74, 6) is -0.0370. The van der Waals surface area contributed by atoms with E-state index in [1.807, 2.05) is 0 Å². The number of carbonyl (C=O) groups excluding carboxylic acids is 2. The minimum atomic E-state index is -0.739. The predicted octanol–water partition coefficient (Wildman–Crippen LogP) is 3.11. The Balaban J connectivity index is 2.32. The second-order valence-corrected chi connectivity index (χ2v) is 6.27. The first-order chi connectivity index (χ1) is 14.4. The van der Waals surface area contributed by atoms with Crippen molar-refractivity contribution in [2.75, 3.05) is 20.8 Å². The molecule has 0 unspecified atom stereocenters. The van der Waals surface area contributed by atoms with Crippen molar-refractivity contribution in [3.63, 3.8) is 0 Å². The third kappa shape index (κ3) is 3.98. The summed E-state index contributed by atoms with van der Waals surface area (Å²) in [7, 11) is 3.04. The zero-order chi connectivity index (χ0) is 21.8. The molecule has 2 aromatic carbocycles. The van der Waals surface area contributed by atoms with E-state index in [9.17, 15) is 14.4 Å². The van der Waals surface area contributed by atoms with Gasteiger partial charge in [-0.25, -0.2) is 4.79 Å². The molecule has 0 radical (unpaired) electrons. The first-order valence-electron chi connectivity index (χ1n) is 9.17. The molecule has 0 saturated carbocycles. The maximum absolute atomic E-state index is 13.0. The van der Waals surface area contributed by atoms with Gasteiger partial charge in [-0.15, -0.1) is 0 Å². The Morgan fingerprint density at radius 2 is 1.73 bits per heavy atom. The zero-order valence-corrected chi connectivity index (χ0v) is 17.1. The number of benzene rings is 2. The number of aromatic nitrogens is 1. The summed E-state index contributed by atoms with van der Waals surface area (Å²) < 4.78 is 22.4. The van der Waals surface area contributed by atoms with Crippen LogP contribution < -0.4 is 19.6 Å². The molecule has 0 atom stereocenters. The van der Waals surface area contributed by atoms with E-state index in [-0.39, 0.29) is 23.3 Å². The van der Waals surface area contributed by atoms with Crippen LogP contribution in [0.4, 0.5) is 0 Å². The molecule has 0 aliphatic rings. The fourth-order valence-electron chi connectivity index (χ4n) is 3.08. The van der Waals surface area contributed by atoms with E-state index in [4.69, 9.17) is 18.9 Å². The molecule has 0 bridgehead atoms. The number of methoxy groups -OCH3 is 2. The normalized spacial score (nSPS) is 10.5. The maximum Gasteiger partial charge on any atom is 0.343 e. The largest absolute Gasteiger partial charge is 0.493 e. The number of hydrogen-bond acceptors (Lipinski definition) is 7. The fraction of sp³-hybridized carbons (Fsp3) is 0.227. The van der Waals surface area contributed by atoms with E-state index in [1.54, 1.807) is 41.8 Å². The van der Waals surface area contributed by atoms with Crippen molar-refractivity contribution in [1.82, 2.24) is 4.57 Å². The highest BCUT2D eigenvalue weighted by Crippen LogP contribution is 2.31. The first-order valence-corrected chi connectivity index (χ1v) is 9.17. The van der Waals surface area contributed by atoms with Gasteiger partial charge in [-0.05, 0) is 37.3 Å². The Hall–Kier alpha value is -3.81. The first kappa shape index (κ1) is 20.9. The Bertz CT molecular complexity index is 1180. The van der Waals surface area contributed by atoms with E-state index in [1.165, 1.54) is 33.4 Å². The van der Waals surface area contributed by atoms with Crippen LogP contribution in [0.1, 0.15) is 24.2 Å². The average Bonchev–Trinajstić information content (AvgIpc) is 2.73. The number of pyridine rings is 1. The number of rotatable bonds is 6. The molecule has 1 aromatic heterocycles. The van der Waals surface area contributed by atoms with Gasteiger partial charge in [0.1, 0.15) is 11.3 Å². The molecule has 156 valence electrons. The van der Waals surface area contributed by atoms with Crippen molar-refractivity contribution in [3.05, 3.63) is 58.4 Å². The lowest BCUT2D eigenvalue weighted by atomic mass is 10.1. The summed E-state index contributed by atoms with van der Waals surface area (Å²) in [5.41, 5.74) is 0.480. The van der Waals surface area contributed by atoms with E-state index >= 15 is 0 Å². The Morgan fingerprint density at radius 3 is 2.37 bits per heavy atom. The molecule has 0 fully saturated rings. The van der Waals surface area contributed by atoms with E-state index in [0.29, 0.717) is 22.7 Å². The average molecular weight is 411 g/mol. The highest BCUT2D eigenvalue weighted by molar-refractivity contribution is 5.95. The molecule has 8 nitrogen and oxygen atoms in total. The molecule has 0 N–H and O–H groups in total. The van der Waals surface area contributed by atoms with Crippen molar-refractivity contribution in [2.45, 2.75) is 13.8 Å². The second kappa shape index (κ2) is 8.69. The van der Waals surface area contributed by atoms with Crippen LogP contribution in [0.3, 0.4) is 0 Å². The van der Waals surface area contributed by atoms with Gasteiger partial charge in [0.25, 0.3) is 0 Å². The number of nitrogens with zero attached hydrogens (tertiary/aromatic N) is 1. The topological polar surface area (TPSA) is 93.1 Å². The van der Waals surface area contributed by atoms with Crippen LogP contribution in [0.5, 0.6) is 17.2 Å². The number of esters is 2. The van der Waals surface area contributed by atoms with Gasteiger partial charge in [-0.2, -0.15) is 0 Å². The maximum atomic E-state index is 13.0. The molecule has 0 amide bonds. The third-order valence-electron chi connectivity index (χ3n) is 4.38. The summed E-state index contributed by atoms with van der Waals surface area (Å²) in [4.78, 5) is 36.7. The minimum Gasteiger partial charge on any atom is -0.493 e. The second-order valence-electron chi connectivity index (χ2n) is 6.27. The van der Waals surface area contributed by atoms with Gasteiger partial charge < -0.3 is 23.5 Å². The quantitative estimate of drug-likeness (QED) is 0.454. The van der Waals surface area contributed by atoms with Crippen molar-refractivity contribution < 1.29 is 28.5 Å². The highest BCUT2D eigenvalue weighted by atomic mass is 16.5. The fourth-order valence-corrected chi connectivity index (χ4v) is 3.08. The van der Waals surface area contributed by atoms with Crippen LogP contribution in [0.25, 0.3) is 16.6 Å². The van der Waals surface area contributed by atoms with E-state index in [0.717, 1.165) is 0 Å². The lowest BCUT2D eigenvalue weighted by Crippen LogP contribution is -2.20. The lowest BCUT2D eigenvalue weighted by molar-refractivity contribution is -0.131. The van der Waals surface area contributed by atoms with Crippen LogP contribution in [0.2, 0.25) is 0 Å². The third-order valence-corrected chi connectivity index (χ3v) is 4.38. The van der Waals surface area contributed by atoms with Crippen LogP contribution in [-0.4, -0.2) is 37.3 Å². The molecular weight excluding hydrogens is 390 g/mol. The van der Waals surface area contributed by atoms with Crippen LogP contribution in [0.15, 0.2) is 47.4 Å². The molecule has 0 aliphatic carbocycles. The Morgan fingerprint density at radius 1 is 1.00 bits per heavy atom. The summed E-state index contributed by atoms with van der Waals surface area (Å²) >= 11 is 0. The van der Waals surface area contributed by atoms with Crippen LogP contribution in [-0.2, 0) is 9.53 Å². The van der Waals surface area contributed by atoms with Crippen LogP contribution >= 0.6 is 0 Å². The van der Waals surface area contributed by atoms with Crippen molar-refractivity contribution in [1.29, 1.82) is 0 Å². The van der Waals surface area contributed by atoms with Crippen molar-refractivity contribution >= 4 is 22.8 Å². The number of fused-ring (bicyclic) bond motifs is 1. The van der Waals surface area contributed by atoms with Gasteiger partial charge in [0.2, 0.25) is 5.43 Å². The molecule has 1 heterocycles. The smallest absolute Gasteiger partial charge is 0.343 e. The van der Waals surface area contributed by atoms with Gasteiger partial charge in [-0.3, -0.25) is 9.59 Å². The van der Waals surface area contributed by atoms with Gasteiger partial charge >= 0.3 is 11.9 Å². The molecular formula is C22H21NO7. The molecule has 3 rings (SSSR count). The summed E-state index contributed by atoms with van der Waals surface area (Å²) in [6.45, 7) is 3.05. The van der Waals surface area contributed by atoms with Gasteiger partial charge in [0.15, 0.2) is 11.5 Å².